The minimum atomic E-state index is -0.00928. The first-order valence-electron chi connectivity index (χ1n) is 11.1. The van der Waals surface area contributed by atoms with E-state index < -0.39 is 0 Å². The average molecular weight is 392 g/mol. The first-order chi connectivity index (χ1) is 13.9. The van der Waals surface area contributed by atoms with Gasteiger partial charge in [0, 0.05) is 16.8 Å². The van der Waals surface area contributed by atoms with Gasteiger partial charge in [0.05, 0.1) is 0 Å². The second-order valence-corrected chi connectivity index (χ2v) is 8.18. The van der Waals surface area contributed by atoms with Crippen molar-refractivity contribution in [3.05, 3.63) is 76.0 Å². The summed E-state index contributed by atoms with van der Waals surface area (Å²) in [5.41, 5.74) is 7.31. The molecule has 1 aromatic rings. The van der Waals surface area contributed by atoms with Crippen molar-refractivity contribution < 1.29 is 4.79 Å². The first-order valence-corrected chi connectivity index (χ1v) is 11.1. The van der Waals surface area contributed by atoms with E-state index in [2.05, 4.69) is 62.5 Å². The Morgan fingerprint density at radius 1 is 1.17 bits per heavy atom. The molecule has 1 saturated heterocycles. The molecule has 1 saturated carbocycles. The van der Waals surface area contributed by atoms with Crippen molar-refractivity contribution in [2.24, 2.45) is 5.92 Å². The molecule has 1 aromatic carbocycles. The molecule has 1 aliphatic heterocycles. The Balaban J connectivity index is 0.000000426. The third-order valence-corrected chi connectivity index (χ3v) is 5.81. The maximum absolute atomic E-state index is 12.3. The summed E-state index contributed by atoms with van der Waals surface area (Å²) in [6.07, 6.45) is 13.2. The molecular formula is C27H37NO. The molecule has 1 N–H and O–H groups in total. The molecule has 2 nitrogen and oxygen atoms in total. The quantitative estimate of drug-likeness (QED) is 0.537. The number of hydrogen-bond donors (Lipinski definition) is 1. The Labute approximate surface area is 177 Å². The van der Waals surface area contributed by atoms with Crippen molar-refractivity contribution in [3.63, 3.8) is 0 Å². The highest BCUT2D eigenvalue weighted by Gasteiger charge is 2.27. The molecule has 2 heteroatoms. The highest BCUT2D eigenvalue weighted by atomic mass is 16.2. The Morgan fingerprint density at radius 3 is 2.31 bits per heavy atom. The molecule has 1 heterocycles. The number of aryl methyl sites for hydroxylation is 1. The molecule has 2 fully saturated rings. The van der Waals surface area contributed by atoms with Gasteiger partial charge in [0.15, 0.2) is 0 Å². The van der Waals surface area contributed by atoms with Gasteiger partial charge in [0.2, 0.25) is 0 Å². The van der Waals surface area contributed by atoms with Crippen molar-refractivity contribution in [2.75, 3.05) is 0 Å². The molecule has 2 aliphatic rings. The summed E-state index contributed by atoms with van der Waals surface area (Å²) in [6, 6.07) is 8.36. The lowest BCUT2D eigenvalue weighted by atomic mass is 9.84. The number of hydrogen-bond acceptors (Lipinski definition) is 1. The van der Waals surface area contributed by atoms with Crippen LogP contribution in [0.5, 0.6) is 0 Å². The average Bonchev–Trinajstić information content (AvgIpc) is 2.97. The smallest absolute Gasteiger partial charge is 0.256 e. The Hall–Kier alpha value is -2.35. The van der Waals surface area contributed by atoms with Crippen LogP contribution in [0, 0.1) is 12.8 Å². The lowest BCUT2D eigenvalue weighted by Crippen LogP contribution is -2.13. The maximum Gasteiger partial charge on any atom is 0.256 e. The number of allylic oxidation sites excluding steroid dienone is 6. The van der Waals surface area contributed by atoms with Crippen LogP contribution in [0.15, 0.2) is 64.9 Å². The molecule has 0 atom stereocenters. The normalized spacial score (nSPS) is 19.7. The van der Waals surface area contributed by atoms with Gasteiger partial charge in [-0.2, -0.15) is 0 Å². The third kappa shape index (κ3) is 5.82. The molecular weight excluding hydrogens is 354 g/mol. The van der Waals surface area contributed by atoms with Crippen molar-refractivity contribution >= 4 is 11.5 Å². The molecule has 1 aliphatic carbocycles. The first kappa shape index (κ1) is 22.9. The van der Waals surface area contributed by atoms with Gasteiger partial charge in [-0.15, -0.1) is 0 Å². The predicted molar refractivity (Wildman–Crippen MR) is 125 cm³/mol. The van der Waals surface area contributed by atoms with E-state index >= 15 is 0 Å². The van der Waals surface area contributed by atoms with Gasteiger partial charge in [0.1, 0.15) is 0 Å². The standard InChI is InChI=1S/C21H25NO.C6H12/c1-6-10-16(17-12-9-8-11-15(17)5)13-18-19(7-2)22-21(23)20(18)14(3)4;1-2-6-4-3-5-6/h7-13H,6H2,1-5H3,(H,22,23);6H,2-5H2,1H3/b16-10-,18-13+,19-7+;. The fourth-order valence-electron chi connectivity index (χ4n) is 3.80. The zero-order valence-corrected chi connectivity index (χ0v) is 19.1. The van der Waals surface area contributed by atoms with Crippen LogP contribution in [0.25, 0.3) is 5.57 Å². The van der Waals surface area contributed by atoms with Crippen LogP contribution in [-0.2, 0) is 4.79 Å². The van der Waals surface area contributed by atoms with E-state index in [-0.39, 0.29) is 5.91 Å². The summed E-state index contributed by atoms with van der Waals surface area (Å²) in [7, 11) is 0. The van der Waals surface area contributed by atoms with Crippen LogP contribution in [0.2, 0.25) is 0 Å². The minimum Gasteiger partial charge on any atom is -0.322 e. The molecule has 0 radical (unpaired) electrons. The van der Waals surface area contributed by atoms with Crippen LogP contribution in [0.1, 0.15) is 77.8 Å². The molecule has 0 unspecified atom stereocenters. The Bertz CT molecular complexity index is 840. The van der Waals surface area contributed by atoms with E-state index in [1.54, 1.807) is 0 Å². The van der Waals surface area contributed by atoms with Crippen LogP contribution in [0.3, 0.4) is 0 Å². The maximum atomic E-state index is 12.3. The largest absolute Gasteiger partial charge is 0.322 e. The predicted octanol–water partition coefficient (Wildman–Crippen LogP) is 7.28. The third-order valence-electron chi connectivity index (χ3n) is 5.81. The lowest BCUT2D eigenvalue weighted by Gasteiger charge is -2.22. The van der Waals surface area contributed by atoms with Crippen molar-refractivity contribution in [1.82, 2.24) is 5.32 Å². The van der Waals surface area contributed by atoms with Crippen LogP contribution >= 0.6 is 0 Å². The molecule has 0 bridgehead atoms. The summed E-state index contributed by atoms with van der Waals surface area (Å²) in [4.78, 5) is 12.3. The molecule has 0 spiro atoms. The van der Waals surface area contributed by atoms with E-state index in [1.165, 1.54) is 36.8 Å². The summed E-state index contributed by atoms with van der Waals surface area (Å²) < 4.78 is 0. The van der Waals surface area contributed by atoms with Gasteiger partial charge in [-0.1, -0.05) is 81.5 Å². The van der Waals surface area contributed by atoms with Crippen LogP contribution in [0.4, 0.5) is 0 Å². The summed E-state index contributed by atoms with van der Waals surface area (Å²) >= 11 is 0. The molecule has 29 heavy (non-hydrogen) atoms. The van der Waals surface area contributed by atoms with Crippen molar-refractivity contribution in [3.8, 4) is 0 Å². The van der Waals surface area contributed by atoms with Crippen molar-refractivity contribution in [2.45, 2.75) is 73.6 Å². The highest BCUT2D eigenvalue weighted by Crippen LogP contribution is 2.32. The van der Waals surface area contributed by atoms with Gasteiger partial charge in [-0.05, 0) is 62.8 Å². The fraction of sp³-hybridized carbons (Fsp3) is 0.444. The number of benzene rings is 1. The van der Waals surface area contributed by atoms with Gasteiger partial charge < -0.3 is 5.32 Å². The molecule has 0 aromatic heterocycles. The summed E-state index contributed by atoms with van der Waals surface area (Å²) in [5, 5.41) is 2.97. The number of nitrogens with one attached hydrogen (secondary N) is 1. The fourth-order valence-corrected chi connectivity index (χ4v) is 3.80. The molecule has 156 valence electrons. The Morgan fingerprint density at radius 2 is 1.86 bits per heavy atom. The number of carbonyl (C=O) groups is 1. The second-order valence-electron chi connectivity index (χ2n) is 8.18. The van der Waals surface area contributed by atoms with E-state index in [9.17, 15) is 4.79 Å². The van der Waals surface area contributed by atoms with Crippen LogP contribution < -0.4 is 5.32 Å². The van der Waals surface area contributed by atoms with E-state index in [0.29, 0.717) is 0 Å². The highest BCUT2D eigenvalue weighted by molar-refractivity contribution is 6.06. The SMILES string of the molecule is C/C=C1/NC(=O)C(=C(C)C)/C1=C/C(=C/CC)c1ccccc1C.CCC1CCC1. The zero-order chi connectivity index (χ0) is 21.4. The van der Waals surface area contributed by atoms with Gasteiger partial charge in [0.25, 0.3) is 5.91 Å². The minimum absolute atomic E-state index is 0.00928. The lowest BCUT2D eigenvalue weighted by molar-refractivity contribution is -0.115. The molecule has 1 amide bonds. The Kier molecular flexibility index (Phi) is 8.70. The van der Waals surface area contributed by atoms with Gasteiger partial charge >= 0.3 is 0 Å². The van der Waals surface area contributed by atoms with E-state index in [0.717, 1.165) is 40.3 Å². The van der Waals surface area contributed by atoms with E-state index in [4.69, 9.17) is 0 Å². The van der Waals surface area contributed by atoms with Gasteiger partial charge in [-0.3, -0.25) is 4.79 Å². The summed E-state index contributed by atoms with van der Waals surface area (Å²) in [6.45, 7) is 12.5. The van der Waals surface area contributed by atoms with Crippen molar-refractivity contribution in [1.29, 1.82) is 0 Å². The topological polar surface area (TPSA) is 29.1 Å². The number of carbonyl (C=O) groups excluding carboxylic acids is 1. The van der Waals surface area contributed by atoms with Crippen LogP contribution in [-0.4, -0.2) is 5.91 Å². The molecule has 3 rings (SSSR count). The summed E-state index contributed by atoms with van der Waals surface area (Å²) in [5.74, 6) is 1.11. The second kappa shape index (κ2) is 11.0. The monoisotopic (exact) mass is 391 g/mol. The van der Waals surface area contributed by atoms with E-state index in [1.807, 2.05) is 26.8 Å². The zero-order valence-electron chi connectivity index (χ0n) is 19.1. The van der Waals surface area contributed by atoms with Gasteiger partial charge in [-0.25, -0.2) is 0 Å². The number of amides is 1. The number of rotatable bonds is 4.